The van der Waals surface area contributed by atoms with Crippen LogP contribution in [0, 0.1) is 5.41 Å². The Kier molecular flexibility index (Phi) is 4.43. The number of hydrogen-bond donors (Lipinski definition) is 1. The average Bonchev–Trinajstić information content (AvgIpc) is 2.46. The number of nitrogens with zero attached hydrogens (tertiary/aromatic N) is 1. The zero-order valence-corrected chi connectivity index (χ0v) is 13.8. The minimum atomic E-state index is -0.0200. The summed E-state index contributed by atoms with van der Waals surface area (Å²) < 4.78 is 0. The van der Waals surface area contributed by atoms with Crippen LogP contribution in [0.15, 0.2) is 24.3 Å². The molecular formula is C18H28N2O. The molecule has 0 unspecified atom stereocenters. The van der Waals surface area contributed by atoms with E-state index in [0.717, 1.165) is 37.1 Å². The second kappa shape index (κ2) is 5.80. The van der Waals surface area contributed by atoms with Gasteiger partial charge in [-0.05, 0) is 41.8 Å². The Bertz CT molecular complexity index is 508. The topological polar surface area (TPSA) is 46.3 Å². The van der Waals surface area contributed by atoms with E-state index in [1.807, 2.05) is 23.1 Å². The average molecular weight is 288 g/mol. The van der Waals surface area contributed by atoms with Gasteiger partial charge in [0.15, 0.2) is 0 Å². The summed E-state index contributed by atoms with van der Waals surface area (Å²) in [6, 6.07) is 8.00. The Morgan fingerprint density at radius 1 is 1.24 bits per heavy atom. The Labute approximate surface area is 128 Å². The molecule has 3 nitrogen and oxygen atoms in total. The highest BCUT2D eigenvalue weighted by molar-refractivity contribution is 5.96. The molecule has 0 spiro atoms. The second-order valence-electron chi connectivity index (χ2n) is 7.60. The summed E-state index contributed by atoms with van der Waals surface area (Å²) in [6.07, 6.45) is 1.99. The zero-order valence-electron chi connectivity index (χ0n) is 13.8. The number of hydrogen-bond acceptors (Lipinski definition) is 2. The van der Waals surface area contributed by atoms with E-state index in [1.165, 1.54) is 0 Å². The molecule has 1 heterocycles. The number of rotatable bonds is 2. The highest BCUT2D eigenvalue weighted by Crippen LogP contribution is 2.32. The summed E-state index contributed by atoms with van der Waals surface area (Å²) in [7, 11) is 0. The third-order valence-corrected chi connectivity index (χ3v) is 4.72. The summed E-state index contributed by atoms with van der Waals surface area (Å²) in [5.74, 6) is 0.166. The molecule has 1 aromatic rings. The van der Waals surface area contributed by atoms with E-state index in [1.54, 1.807) is 0 Å². The van der Waals surface area contributed by atoms with Crippen LogP contribution in [0.1, 0.15) is 56.5 Å². The third kappa shape index (κ3) is 3.46. The van der Waals surface area contributed by atoms with Crippen molar-refractivity contribution in [2.24, 2.45) is 11.1 Å². The van der Waals surface area contributed by atoms with Gasteiger partial charge in [-0.2, -0.15) is 0 Å². The van der Waals surface area contributed by atoms with E-state index >= 15 is 0 Å². The van der Waals surface area contributed by atoms with Crippen LogP contribution in [0.4, 0.5) is 0 Å². The number of carbonyl (C=O) groups is 1. The van der Waals surface area contributed by atoms with Crippen LogP contribution < -0.4 is 5.73 Å². The molecule has 1 saturated heterocycles. The summed E-state index contributed by atoms with van der Waals surface area (Å²) in [5.41, 5.74) is 8.00. The minimum absolute atomic E-state index is 0.0200. The molecule has 1 amide bonds. The van der Waals surface area contributed by atoms with Crippen LogP contribution in [0.5, 0.6) is 0 Å². The maximum absolute atomic E-state index is 12.9. The Morgan fingerprint density at radius 3 is 2.33 bits per heavy atom. The Hall–Kier alpha value is -1.35. The molecule has 1 aromatic carbocycles. The number of carbonyl (C=O) groups excluding carboxylic acids is 1. The van der Waals surface area contributed by atoms with Gasteiger partial charge in [-0.25, -0.2) is 0 Å². The van der Waals surface area contributed by atoms with Gasteiger partial charge in [0.05, 0.1) is 0 Å². The van der Waals surface area contributed by atoms with Crippen LogP contribution in [0.3, 0.4) is 0 Å². The lowest BCUT2D eigenvalue weighted by Gasteiger charge is -2.39. The molecule has 21 heavy (non-hydrogen) atoms. The fourth-order valence-corrected chi connectivity index (χ4v) is 2.95. The summed E-state index contributed by atoms with van der Waals surface area (Å²) in [6.45, 7) is 11.0. The normalized spacial score (nSPS) is 18.6. The summed E-state index contributed by atoms with van der Waals surface area (Å²) >= 11 is 0. The van der Waals surface area contributed by atoms with E-state index in [4.69, 9.17) is 5.73 Å². The maximum Gasteiger partial charge on any atom is 0.254 e. The van der Waals surface area contributed by atoms with Gasteiger partial charge >= 0.3 is 0 Å². The summed E-state index contributed by atoms with van der Waals surface area (Å²) in [5, 5.41) is 0. The van der Waals surface area contributed by atoms with E-state index in [9.17, 15) is 4.79 Å². The number of benzene rings is 1. The first-order chi connectivity index (χ1) is 9.77. The lowest BCUT2D eigenvalue weighted by atomic mass is 9.80. The number of amides is 1. The highest BCUT2D eigenvalue weighted by Gasteiger charge is 2.32. The SMILES string of the molecule is CC1(CN)CCN(C(=O)c2ccccc2C(C)(C)C)CC1. The molecule has 0 atom stereocenters. The van der Waals surface area contributed by atoms with E-state index < -0.39 is 0 Å². The Morgan fingerprint density at radius 2 is 1.81 bits per heavy atom. The molecule has 0 aromatic heterocycles. The van der Waals surface area contributed by atoms with Crippen LogP contribution in [-0.4, -0.2) is 30.4 Å². The fraction of sp³-hybridized carbons (Fsp3) is 0.611. The van der Waals surface area contributed by atoms with Crippen LogP contribution in [-0.2, 0) is 5.41 Å². The van der Waals surface area contributed by atoms with Gasteiger partial charge in [0.25, 0.3) is 5.91 Å². The van der Waals surface area contributed by atoms with E-state index in [0.29, 0.717) is 6.54 Å². The summed E-state index contributed by atoms with van der Waals surface area (Å²) in [4.78, 5) is 14.8. The third-order valence-electron chi connectivity index (χ3n) is 4.72. The first-order valence-electron chi connectivity index (χ1n) is 7.86. The smallest absolute Gasteiger partial charge is 0.254 e. The molecule has 1 aliphatic heterocycles. The van der Waals surface area contributed by atoms with Gasteiger partial charge in [0.2, 0.25) is 0 Å². The molecule has 3 heteroatoms. The van der Waals surface area contributed by atoms with Crippen molar-refractivity contribution in [3.63, 3.8) is 0 Å². The van der Waals surface area contributed by atoms with Crippen molar-refractivity contribution in [2.45, 2.75) is 46.0 Å². The molecule has 116 valence electrons. The van der Waals surface area contributed by atoms with Crippen molar-refractivity contribution in [2.75, 3.05) is 19.6 Å². The van der Waals surface area contributed by atoms with Gasteiger partial charge < -0.3 is 10.6 Å². The largest absolute Gasteiger partial charge is 0.339 e. The van der Waals surface area contributed by atoms with Crippen LogP contribution in [0.25, 0.3) is 0 Å². The van der Waals surface area contributed by atoms with Crippen molar-refractivity contribution in [3.05, 3.63) is 35.4 Å². The predicted octanol–water partition coefficient (Wildman–Crippen LogP) is 3.19. The standard InChI is InChI=1S/C18H28N2O/c1-17(2,3)15-8-6-5-7-14(15)16(21)20-11-9-18(4,13-19)10-12-20/h5-8H,9-13,19H2,1-4H3. The van der Waals surface area contributed by atoms with Gasteiger partial charge in [-0.1, -0.05) is 45.9 Å². The Balaban J connectivity index is 2.19. The molecule has 0 radical (unpaired) electrons. The highest BCUT2D eigenvalue weighted by atomic mass is 16.2. The number of nitrogens with two attached hydrogens (primary N) is 1. The molecule has 1 fully saturated rings. The number of piperidine rings is 1. The van der Waals surface area contributed by atoms with Gasteiger partial charge in [-0.15, -0.1) is 0 Å². The monoisotopic (exact) mass is 288 g/mol. The predicted molar refractivity (Wildman–Crippen MR) is 87.4 cm³/mol. The van der Waals surface area contributed by atoms with Crippen LogP contribution in [0.2, 0.25) is 0 Å². The molecule has 2 rings (SSSR count). The zero-order chi connectivity index (χ0) is 15.7. The molecular weight excluding hydrogens is 260 g/mol. The van der Waals surface area contributed by atoms with Crippen LogP contribution >= 0.6 is 0 Å². The minimum Gasteiger partial charge on any atom is -0.339 e. The molecule has 2 N–H and O–H groups in total. The van der Waals surface area contributed by atoms with Crippen molar-refractivity contribution in [1.29, 1.82) is 0 Å². The van der Waals surface area contributed by atoms with Crippen molar-refractivity contribution in [1.82, 2.24) is 4.90 Å². The second-order valence-corrected chi connectivity index (χ2v) is 7.60. The lowest BCUT2D eigenvalue weighted by Crippen LogP contribution is -2.45. The van der Waals surface area contributed by atoms with Gasteiger partial charge in [0, 0.05) is 18.7 Å². The first kappa shape index (κ1) is 16.0. The van der Waals surface area contributed by atoms with Gasteiger partial charge in [0.1, 0.15) is 0 Å². The lowest BCUT2D eigenvalue weighted by molar-refractivity contribution is 0.0615. The van der Waals surface area contributed by atoms with E-state index in [2.05, 4.69) is 33.8 Å². The van der Waals surface area contributed by atoms with Crippen molar-refractivity contribution >= 4 is 5.91 Å². The molecule has 0 bridgehead atoms. The first-order valence-corrected chi connectivity index (χ1v) is 7.86. The fourth-order valence-electron chi connectivity index (χ4n) is 2.95. The molecule has 0 aliphatic carbocycles. The quantitative estimate of drug-likeness (QED) is 0.908. The maximum atomic E-state index is 12.9. The number of likely N-dealkylation sites (tertiary alicyclic amines) is 1. The molecule has 0 saturated carbocycles. The van der Waals surface area contributed by atoms with E-state index in [-0.39, 0.29) is 16.7 Å². The molecule has 1 aliphatic rings. The van der Waals surface area contributed by atoms with Gasteiger partial charge in [-0.3, -0.25) is 4.79 Å². The van der Waals surface area contributed by atoms with Crippen molar-refractivity contribution in [3.8, 4) is 0 Å². The van der Waals surface area contributed by atoms with Crippen molar-refractivity contribution < 1.29 is 4.79 Å².